The summed E-state index contributed by atoms with van der Waals surface area (Å²) in [7, 11) is 0. The number of hydrogen-bond donors (Lipinski definition) is 0. The Morgan fingerprint density at radius 1 is 0.523 bits per heavy atom. The standard InChI is InChI=1S/C33H41N5O2.3ClH.V/c1-3-5-7-13-22-39-24-37-30-20-11-9-16-26(30)35-32(37)28-18-15-19-29(34-28)33-36-27-17-10-12-21-31(27)38(33)25-40-23-14-8-6-4-2;;;;/h9-12,15-21H,3-8,13-14,22-25H2,1-2H3;3*1H;/q;;;;+3/p-3. The number of rotatable bonds is 16. The van der Waals surface area contributed by atoms with E-state index >= 15 is 0 Å². The number of aromatic nitrogens is 5. The van der Waals surface area contributed by atoms with Gasteiger partial charge in [0, 0.05) is 13.2 Å². The van der Waals surface area contributed by atoms with Crippen LogP contribution in [-0.4, -0.2) is 37.3 Å². The maximum absolute atomic E-state index is 6.11. The van der Waals surface area contributed by atoms with E-state index in [1.165, 1.54) is 38.5 Å². The van der Waals surface area contributed by atoms with Crippen LogP contribution in [0.25, 0.3) is 45.1 Å². The summed E-state index contributed by atoms with van der Waals surface area (Å²) in [6.45, 7) is 6.81. The van der Waals surface area contributed by atoms with E-state index in [0.717, 1.165) is 71.2 Å². The summed E-state index contributed by atoms with van der Waals surface area (Å²) in [5, 5.41) is 0. The normalized spacial score (nSPS) is 10.6. The second-order valence-electron chi connectivity index (χ2n) is 10.3. The van der Waals surface area contributed by atoms with Gasteiger partial charge in [0.15, 0.2) is 11.6 Å². The molecule has 236 valence electrons. The molecule has 0 saturated carbocycles. The van der Waals surface area contributed by atoms with Crippen molar-refractivity contribution in [2.75, 3.05) is 13.2 Å². The molecule has 0 spiro atoms. The van der Waals surface area contributed by atoms with Gasteiger partial charge in [-0.2, -0.15) is 0 Å². The smallest absolute Gasteiger partial charge is 1.00 e. The third-order valence-electron chi connectivity index (χ3n) is 7.24. The molecule has 0 fully saturated rings. The molecule has 0 amide bonds. The Morgan fingerprint density at radius 3 is 1.39 bits per heavy atom. The molecule has 3 aromatic heterocycles. The second kappa shape index (κ2) is 20.8. The number of ether oxygens (including phenoxy) is 2. The third kappa shape index (κ3) is 9.95. The van der Waals surface area contributed by atoms with Crippen molar-refractivity contribution in [3.63, 3.8) is 0 Å². The van der Waals surface area contributed by atoms with Crippen LogP contribution in [0.3, 0.4) is 0 Å². The molecule has 0 aliphatic carbocycles. The monoisotopic (exact) mass is 695 g/mol. The Hall–Kier alpha value is -2.10. The minimum Gasteiger partial charge on any atom is -1.00 e. The molecule has 0 radical (unpaired) electrons. The number of fused-ring (bicyclic) bond motifs is 2. The molecule has 2 aromatic carbocycles. The second-order valence-corrected chi connectivity index (χ2v) is 10.3. The minimum atomic E-state index is 0. The van der Waals surface area contributed by atoms with Crippen LogP contribution < -0.4 is 37.2 Å². The number of nitrogens with zero attached hydrogens (tertiary/aromatic N) is 5. The number of imidazole rings is 2. The molecule has 5 aromatic rings. The van der Waals surface area contributed by atoms with Crippen LogP contribution in [0.1, 0.15) is 65.2 Å². The molecule has 44 heavy (non-hydrogen) atoms. The Bertz CT molecular complexity index is 1420. The van der Waals surface area contributed by atoms with Crippen molar-refractivity contribution < 1.29 is 65.3 Å². The summed E-state index contributed by atoms with van der Waals surface area (Å²) in [4.78, 5) is 15.0. The van der Waals surface area contributed by atoms with E-state index < -0.39 is 0 Å². The SMILES string of the molecule is CCCCCCOCn1c(-c2cccc(-c3nc4ccccc4n3COCCCCCC)n2)nc2ccccc21.[Cl-].[Cl-].[Cl-].[V+3]. The van der Waals surface area contributed by atoms with Gasteiger partial charge in [0.05, 0.1) is 22.1 Å². The van der Waals surface area contributed by atoms with Crippen LogP contribution in [-0.2, 0) is 41.5 Å². The van der Waals surface area contributed by atoms with Crippen molar-refractivity contribution in [2.24, 2.45) is 0 Å². The zero-order valence-electron chi connectivity index (χ0n) is 25.5. The largest absolute Gasteiger partial charge is 3.00 e. The van der Waals surface area contributed by atoms with Gasteiger partial charge < -0.3 is 46.7 Å². The van der Waals surface area contributed by atoms with E-state index in [9.17, 15) is 0 Å². The van der Waals surface area contributed by atoms with Gasteiger partial charge in [-0.05, 0) is 49.2 Å². The van der Waals surface area contributed by atoms with Crippen LogP contribution in [0, 0.1) is 0 Å². The Balaban J connectivity index is 0.00000242. The average Bonchev–Trinajstić information content (AvgIpc) is 3.55. The summed E-state index contributed by atoms with van der Waals surface area (Å²) in [5.41, 5.74) is 5.54. The quantitative estimate of drug-likeness (QED) is 0.127. The summed E-state index contributed by atoms with van der Waals surface area (Å²) in [6.07, 6.45) is 9.46. The molecule has 0 aliphatic heterocycles. The number of hydrogen-bond acceptors (Lipinski definition) is 5. The van der Waals surface area contributed by atoms with E-state index in [-0.39, 0.29) is 55.8 Å². The summed E-state index contributed by atoms with van der Waals surface area (Å²) in [6, 6.07) is 22.4. The van der Waals surface area contributed by atoms with Gasteiger partial charge in [0.1, 0.15) is 24.8 Å². The predicted molar refractivity (Wildman–Crippen MR) is 162 cm³/mol. The van der Waals surface area contributed by atoms with E-state index in [4.69, 9.17) is 24.4 Å². The topological polar surface area (TPSA) is 67.0 Å². The van der Waals surface area contributed by atoms with E-state index in [1.807, 2.05) is 54.6 Å². The van der Waals surface area contributed by atoms with Crippen molar-refractivity contribution in [1.29, 1.82) is 0 Å². The van der Waals surface area contributed by atoms with Crippen molar-refractivity contribution >= 4 is 22.1 Å². The molecule has 0 saturated heterocycles. The number of halogens is 3. The molecule has 5 rings (SSSR count). The predicted octanol–water partition coefficient (Wildman–Crippen LogP) is -0.767. The third-order valence-corrected chi connectivity index (χ3v) is 7.24. The van der Waals surface area contributed by atoms with E-state index in [2.05, 4.69) is 35.1 Å². The van der Waals surface area contributed by atoms with Crippen LogP contribution in [0.2, 0.25) is 0 Å². The van der Waals surface area contributed by atoms with Crippen molar-refractivity contribution in [2.45, 2.75) is 78.7 Å². The molecule has 3 heterocycles. The molecule has 11 heteroatoms. The number of unbranched alkanes of at least 4 members (excludes halogenated alkanes) is 6. The first-order chi connectivity index (χ1) is 19.8. The Labute approximate surface area is 291 Å². The molecular formula is C33H41Cl3N5O2V. The number of pyridine rings is 1. The molecule has 7 nitrogen and oxygen atoms in total. The first-order valence-corrected chi connectivity index (χ1v) is 14.8. The Kier molecular flexibility index (Phi) is 18.9. The van der Waals surface area contributed by atoms with Crippen molar-refractivity contribution in [3.8, 4) is 23.0 Å². The molecular weight excluding hydrogens is 656 g/mol. The van der Waals surface area contributed by atoms with Crippen molar-refractivity contribution in [3.05, 3.63) is 66.7 Å². The zero-order chi connectivity index (χ0) is 27.6. The molecule has 0 aliphatic rings. The first kappa shape index (κ1) is 39.9. The molecule has 0 N–H and O–H groups in total. The van der Waals surface area contributed by atoms with E-state index in [1.54, 1.807) is 0 Å². The van der Waals surface area contributed by atoms with Gasteiger partial charge >= 0.3 is 18.6 Å². The van der Waals surface area contributed by atoms with Gasteiger partial charge in [0.25, 0.3) is 0 Å². The zero-order valence-corrected chi connectivity index (χ0v) is 29.1. The fraction of sp³-hybridized carbons (Fsp3) is 0.424. The molecule has 0 bridgehead atoms. The first-order valence-electron chi connectivity index (χ1n) is 14.8. The van der Waals surface area contributed by atoms with Gasteiger partial charge in [-0.15, -0.1) is 0 Å². The summed E-state index contributed by atoms with van der Waals surface area (Å²) < 4.78 is 16.5. The van der Waals surface area contributed by atoms with Crippen LogP contribution in [0.15, 0.2) is 66.7 Å². The molecule has 0 unspecified atom stereocenters. The maximum atomic E-state index is 6.11. The van der Waals surface area contributed by atoms with Gasteiger partial charge in [-0.25, -0.2) is 15.0 Å². The van der Waals surface area contributed by atoms with Crippen molar-refractivity contribution in [1.82, 2.24) is 24.1 Å². The Morgan fingerprint density at radius 2 is 0.955 bits per heavy atom. The van der Waals surface area contributed by atoms with Crippen LogP contribution >= 0.6 is 0 Å². The van der Waals surface area contributed by atoms with E-state index in [0.29, 0.717) is 13.5 Å². The summed E-state index contributed by atoms with van der Waals surface area (Å²) in [5.74, 6) is 1.60. The van der Waals surface area contributed by atoms with Crippen LogP contribution in [0.5, 0.6) is 0 Å². The van der Waals surface area contributed by atoms with Crippen LogP contribution in [0.4, 0.5) is 0 Å². The van der Waals surface area contributed by atoms with Gasteiger partial charge in [-0.1, -0.05) is 82.7 Å². The fourth-order valence-electron chi connectivity index (χ4n) is 5.06. The number of benzene rings is 2. The molecule has 0 atom stereocenters. The maximum Gasteiger partial charge on any atom is 3.00 e. The summed E-state index contributed by atoms with van der Waals surface area (Å²) >= 11 is 0. The van der Waals surface area contributed by atoms with Gasteiger partial charge in [-0.3, -0.25) is 9.13 Å². The fourth-order valence-corrected chi connectivity index (χ4v) is 5.06. The van der Waals surface area contributed by atoms with Gasteiger partial charge in [0.2, 0.25) is 0 Å². The minimum absolute atomic E-state index is 0. The average molecular weight is 697 g/mol. The number of para-hydroxylation sites is 4.